The van der Waals surface area contributed by atoms with Gasteiger partial charge in [-0.2, -0.15) is 0 Å². The highest BCUT2D eigenvalue weighted by Gasteiger charge is 2.22. The Balaban J connectivity index is 0.00000264. The second kappa shape index (κ2) is 11.0. The van der Waals surface area contributed by atoms with Gasteiger partial charge in [-0.1, -0.05) is 11.6 Å². The minimum absolute atomic E-state index is 0. The first-order valence-corrected chi connectivity index (χ1v) is 7.95. The SMILES string of the molecule is COc1ccc(Cl)cc1CN1CCN(C(=O)CC(C)N)CC1.Cl.Cl. The van der Waals surface area contributed by atoms with Crippen LogP contribution in [0.5, 0.6) is 5.75 Å². The van der Waals surface area contributed by atoms with Crippen molar-refractivity contribution < 1.29 is 9.53 Å². The van der Waals surface area contributed by atoms with E-state index in [0.717, 1.165) is 44.0 Å². The van der Waals surface area contributed by atoms with Crippen LogP contribution in [0.4, 0.5) is 0 Å². The van der Waals surface area contributed by atoms with Gasteiger partial charge < -0.3 is 15.4 Å². The molecule has 24 heavy (non-hydrogen) atoms. The number of benzene rings is 1. The molecule has 1 amide bonds. The van der Waals surface area contributed by atoms with Crippen molar-refractivity contribution in [2.24, 2.45) is 5.73 Å². The van der Waals surface area contributed by atoms with Gasteiger partial charge in [0.15, 0.2) is 0 Å². The van der Waals surface area contributed by atoms with Crippen molar-refractivity contribution in [2.45, 2.75) is 25.9 Å². The largest absolute Gasteiger partial charge is 0.496 e. The Morgan fingerprint density at radius 1 is 1.29 bits per heavy atom. The van der Waals surface area contributed by atoms with Gasteiger partial charge in [0.05, 0.1) is 7.11 Å². The molecule has 8 heteroatoms. The van der Waals surface area contributed by atoms with Gasteiger partial charge >= 0.3 is 0 Å². The van der Waals surface area contributed by atoms with E-state index in [1.807, 2.05) is 30.0 Å². The van der Waals surface area contributed by atoms with Gasteiger partial charge in [-0.25, -0.2) is 0 Å². The molecule has 1 aromatic rings. The van der Waals surface area contributed by atoms with Crippen molar-refractivity contribution in [2.75, 3.05) is 33.3 Å². The summed E-state index contributed by atoms with van der Waals surface area (Å²) in [4.78, 5) is 16.2. The quantitative estimate of drug-likeness (QED) is 0.828. The number of piperazine rings is 1. The standard InChI is InChI=1S/C16H24ClN3O2.2ClH/c1-12(18)9-16(21)20-7-5-19(6-8-20)11-13-10-14(17)3-4-15(13)22-2;;/h3-4,10,12H,5-9,11,18H2,1-2H3;2*1H. The summed E-state index contributed by atoms with van der Waals surface area (Å²) >= 11 is 6.07. The zero-order valence-corrected chi connectivity index (χ0v) is 16.4. The normalized spacial score (nSPS) is 15.9. The minimum Gasteiger partial charge on any atom is -0.496 e. The van der Waals surface area contributed by atoms with Gasteiger partial charge in [0.25, 0.3) is 0 Å². The van der Waals surface area contributed by atoms with Crippen LogP contribution in [0.15, 0.2) is 18.2 Å². The summed E-state index contributed by atoms with van der Waals surface area (Å²) in [6, 6.07) is 5.57. The Kier molecular flexibility index (Phi) is 10.7. The Morgan fingerprint density at radius 3 is 2.46 bits per heavy atom. The molecule has 138 valence electrons. The number of carbonyl (C=O) groups excluding carboxylic acids is 1. The maximum Gasteiger partial charge on any atom is 0.224 e. The van der Waals surface area contributed by atoms with Crippen molar-refractivity contribution in [1.29, 1.82) is 0 Å². The van der Waals surface area contributed by atoms with E-state index in [1.54, 1.807) is 7.11 Å². The van der Waals surface area contributed by atoms with Crippen LogP contribution in [0, 0.1) is 0 Å². The van der Waals surface area contributed by atoms with Gasteiger partial charge in [0.1, 0.15) is 5.75 Å². The number of hydrogen-bond donors (Lipinski definition) is 1. The molecule has 0 saturated carbocycles. The number of nitrogens with zero attached hydrogens (tertiary/aromatic N) is 2. The van der Waals surface area contributed by atoms with E-state index in [1.165, 1.54) is 0 Å². The first kappa shape index (κ1) is 23.3. The summed E-state index contributed by atoms with van der Waals surface area (Å²) in [7, 11) is 1.66. The van der Waals surface area contributed by atoms with Crippen molar-refractivity contribution in [3.63, 3.8) is 0 Å². The third kappa shape index (κ3) is 6.65. The van der Waals surface area contributed by atoms with Crippen molar-refractivity contribution >= 4 is 42.3 Å². The zero-order valence-electron chi connectivity index (χ0n) is 14.0. The Labute approximate surface area is 161 Å². The molecule has 1 aliphatic rings. The van der Waals surface area contributed by atoms with Crippen LogP contribution in [0.1, 0.15) is 18.9 Å². The molecule has 2 N–H and O–H groups in total. The molecule has 0 spiro atoms. The number of methoxy groups -OCH3 is 1. The van der Waals surface area contributed by atoms with E-state index >= 15 is 0 Å². The molecule has 1 unspecified atom stereocenters. The summed E-state index contributed by atoms with van der Waals surface area (Å²) in [6.45, 7) is 5.82. The van der Waals surface area contributed by atoms with E-state index in [0.29, 0.717) is 11.4 Å². The summed E-state index contributed by atoms with van der Waals surface area (Å²) in [5, 5.41) is 0.710. The average Bonchev–Trinajstić information content (AvgIpc) is 2.47. The van der Waals surface area contributed by atoms with Crippen LogP contribution < -0.4 is 10.5 Å². The third-order valence-corrected chi connectivity index (χ3v) is 4.09. The molecule has 0 aromatic heterocycles. The highest BCUT2D eigenvalue weighted by atomic mass is 35.5. The molecular weight excluding hydrogens is 373 g/mol. The predicted molar refractivity (Wildman–Crippen MR) is 103 cm³/mol. The molecule has 0 aliphatic carbocycles. The number of ether oxygens (including phenoxy) is 1. The van der Waals surface area contributed by atoms with Crippen LogP contribution in [-0.4, -0.2) is 55.0 Å². The molecular formula is C16H26Cl3N3O2. The number of halogens is 3. The molecule has 1 atom stereocenters. The maximum atomic E-state index is 12.0. The second-order valence-electron chi connectivity index (χ2n) is 5.79. The highest BCUT2D eigenvalue weighted by Crippen LogP contribution is 2.24. The lowest BCUT2D eigenvalue weighted by Gasteiger charge is -2.35. The number of carbonyl (C=O) groups is 1. The lowest BCUT2D eigenvalue weighted by molar-refractivity contribution is -0.133. The number of hydrogen-bond acceptors (Lipinski definition) is 4. The molecule has 1 fully saturated rings. The van der Waals surface area contributed by atoms with Crippen molar-refractivity contribution in [3.05, 3.63) is 28.8 Å². The Morgan fingerprint density at radius 2 is 1.92 bits per heavy atom. The molecule has 1 saturated heterocycles. The fourth-order valence-corrected chi connectivity index (χ4v) is 2.87. The van der Waals surface area contributed by atoms with Crippen LogP contribution in [-0.2, 0) is 11.3 Å². The predicted octanol–water partition coefficient (Wildman–Crippen LogP) is 2.57. The van der Waals surface area contributed by atoms with Crippen LogP contribution in [0.3, 0.4) is 0 Å². The fraction of sp³-hybridized carbons (Fsp3) is 0.562. The van der Waals surface area contributed by atoms with E-state index in [9.17, 15) is 4.79 Å². The summed E-state index contributed by atoms with van der Waals surface area (Å²) in [5.74, 6) is 0.995. The zero-order chi connectivity index (χ0) is 16.1. The summed E-state index contributed by atoms with van der Waals surface area (Å²) < 4.78 is 5.38. The second-order valence-corrected chi connectivity index (χ2v) is 6.23. The average molecular weight is 399 g/mol. The van der Waals surface area contributed by atoms with Crippen LogP contribution >= 0.6 is 36.4 Å². The van der Waals surface area contributed by atoms with Crippen LogP contribution in [0.25, 0.3) is 0 Å². The molecule has 5 nitrogen and oxygen atoms in total. The molecule has 1 heterocycles. The molecule has 1 aliphatic heterocycles. The Bertz CT molecular complexity index is 521. The lowest BCUT2D eigenvalue weighted by atomic mass is 10.1. The number of amides is 1. The van der Waals surface area contributed by atoms with E-state index in [2.05, 4.69) is 4.90 Å². The number of nitrogens with two attached hydrogens (primary N) is 1. The number of rotatable bonds is 5. The van der Waals surface area contributed by atoms with E-state index < -0.39 is 0 Å². The Hall–Kier alpha value is -0.720. The van der Waals surface area contributed by atoms with Crippen molar-refractivity contribution in [1.82, 2.24) is 9.80 Å². The van der Waals surface area contributed by atoms with Gasteiger partial charge in [0, 0.05) is 55.8 Å². The monoisotopic (exact) mass is 397 g/mol. The van der Waals surface area contributed by atoms with Gasteiger partial charge in [-0.3, -0.25) is 9.69 Å². The fourth-order valence-electron chi connectivity index (χ4n) is 2.67. The van der Waals surface area contributed by atoms with E-state index in [4.69, 9.17) is 22.1 Å². The molecule has 1 aromatic carbocycles. The summed E-state index contributed by atoms with van der Waals surface area (Å²) in [5.41, 5.74) is 6.77. The third-order valence-electron chi connectivity index (χ3n) is 3.86. The molecule has 0 bridgehead atoms. The first-order chi connectivity index (χ1) is 10.5. The summed E-state index contributed by atoms with van der Waals surface area (Å²) in [6.07, 6.45) is 0.419. The highest BCUT2D eigenvalue weighted by molar-refractivity contribution is 6.30. The van der Waals surface area contributed by atoms with Crippen molar-refractivity contribution in [3.8, 4) is 5.75 Å². The maximum absolute atomic E-state index is 12.0. The molecule has 2 rings (SSSR count). The van der Waals surface area contributed by atoms with Gasteiger partial charge in [0.2, 0.25) is 5.91 Å². The minimum atomic E-state index is -0.0822. The topological polar surface area (TPSA) is 58.8 Å². The van der Waals surface area contributed by atoms with E-state index in [-0.39, 0.29) is 36.8 Å². The first-order valence-electron chi connectivity index (χ1n) is 7.57. The smallest absolute Gasteiger partial charge is 0.224 e. The van der Waals surface area contributed by atoms with Gasteiger partial charge in [-0.15, -0.1) is 24.8 Å². The van der Waals surface area contributed by atoms with Crippen LogP contribution in [0.2, 0.25) is 5.02 Å². The molecule has 0 radical (unpaired) electrons. The van der Waals surface area contributed by atoms with Gasteiger partial charge in [-0.05, 0) is 25.1 Å². The lowest BCUT2D eigenvalue weighted by Crippen LogP contribution is -2.49.